The van der Waals surface area contributed by atoms with Crippen LogP contribution in [0.5, 0.6) is 5.75 Å². The fourth-order valence-corrected chi connectivity index (χ4v) is 2.94. The van der Waals surface area contributed by atoms with Crippen LogP contribution in [0.3, 0.4) is 0 Å². The average Bonchev–Trinajstić information content (AvgIpc) is 3.37. The van der Waals surface area contributed by atoms with Crippen LogP contribution < -0.4 is 10.1 Å². The molecule has 0 aromatic heterocycles. The second-order valence-electron chi connectivity index (χ2n) is 5.89. The smallest absolute Gasteiger partial charge is 0.231 e. The first-order chi connectivity index (χ1) is 10.7. The number of ether oxygens (including phenoxy) is 1. The zero-order chi connectivity index (χ0) is 15.6. The van der Waals surface area contributed by atoms with Gasteiger partial charge in [0.05, 0.1) is 18.6 Å². The van der Waals surface area contributed by atoms with E-state index in [4.69, 9.17) is 4.74 Å². The maximum atomic E-state index is 12.8. The molecule has 3 heteroatoms. The Kier molecular flexibility index (Phi) is 3.88. The van der Waals surface area contributed by atoms with Gasteiger partial charge in [-0.05, 0) is 31.4 Å². The van der Waals surface area contributed by atoms with Crippen molar-refractivity contribution in [3.8, 4) is 5.75 Å². The second-order valence-corrected chi connectivity index (χ2v) is 5.89. The van der Waals surface area contributed by atoms with Gasteiger partial charge in [0.25, 0.3) is 0 Å². The molecule has 0 bridgehead atoms. The molecule has 1 amide bonds. The van der Waals surface area contributed by atoms with Gasteiger partial charge in [0, 0.05) is 5.56 Å². The van der Waals surface area contributed by atoms with Gasteiger partial charge in [-0.2, -0.15) is 0 Å². The lowest BCUT2D eigenvalue weighted by atomic mass is 9.93. The summed E-state index contributed by atoms with van der Waals surface area (Å²) in [4.78, 5) is 12.8. The first-order valence-corrected chi connectivity index (χ1v) is 7.67. The Morgan fingerprint density at radius 3 is 2.36 bits per heavy atom. The van der Waals surface area contributed by atoms with E-state index in [1.807, 2.05) is 61.5 Å². The Morgan fingerprint density at radius 1 is 1.09 bits per heavy atom. The van der Waals surface area contributed by atoms with Crippen LogP contribution >= 0.6 is 0 Å². The summed E-state index contributed by atoms with van der Waals surface area (Å²) in [6.07, 6.45) is 1.75. The van der Waals surface area contributed by atoms with E-state index in [9.17, 15) is 4.79 Å². The number of amides is 1. The summed E-state index contributed by atoms with van der Waals surface area (Å²) in [7, 11) is 1.65. The van der Waals surface area contributed by atoms with Gasteiger partial charge in [-0.1, -0.05) is 48.5 Å². The maximum Gasteiger partial charge on any atom is 0.231 e. The van der Waals surface area contributed by atoms with E-state index in [1.165, 1.54) is 0 Å². The van der Waals surface area contributed by atoms with Crippen molar-refractivity contribution in [3.63, 3.8) is 0 Å². The Morgan fingerprint density at radius 2 is 1.73 bits per heavy atom. The number of nitrogens with one attached hydrogen (secondary N) is 1. The Bertz CT molecular complexity index is 662. The first kappa shape index (κ1) is 14.6. The quantitative estimate of drug-likeness (QED) is 0.915. The third kappa shape index (κ3) is 2.59. The van der Waals surface area contributed by atoms with Crippen molar-refractivity contribution >= 4 is 5.91 Å². The summed E-state index contributed by atoms with van der Waals surface area (Å²) in [6, 6.07) is 17.9. The van der Waals surface area contributed by atoms with Crippen molar-refractivity contribution in [1.29, 1.82) is 0 Å². The fraction of sp³-hybridized carbons (Fsp3) is 0.316. The van der Waals surface area contributed by atoms with E-state index >= 15 is 0 Å². The monoisotopic (exact) mass is 295 g/mol. The minimum atomic E-state index is -0.421. The third-order valence-corrected chi connectivity index (χ3v) is 4.45. The standard InChI is InChI=1S/C19H21NO2/c1-14(15-8-4-3-5-9-15)20-18(21)19(12-13-19)16-10-6-7-11-17(16)22-2/h3-11,14H,12-13H2,1-2H3,(H,20,21). The Hall–Kier alpha value is -2.29. The highest BCUT2D eigenvalue weighted by atomic mass is 16.5. The van der Waals surface area contributed by atoms with E-state index < -0.39 is 5.41 Å². The van der Waals surface area contributed by atoms with Crippen LogP contribution in [-0.4, -0.2) is 13.0 Å². The number of para-hydroxylation sites is 1. The van der Waals surface area contributed by atoms with Crippen LogP contribution in [0.15, 0.2) is 54.6 Å². The molecule has 0 saturated heterocycles. The van der Waals surface area contributed by atoms with Gasteiger partial charge in [0.15, 0.2) is 0 Å². The summed E-state index contributed by atoms with van der Waals surface area (Å²) in [5, 5.41) is 3.15. The molecule has 2 aromatic carbocycles. The fourth-order valence-electron chi connectivity index (χ4n) is 2.94. The molecule has 1 aliphatic rings. The third-order valence-electron chi connectivity index (χ3n) is 4.45. The molecular formula is C19H21NO2. The minimum Gasteiger partial charge on any atom is -0.496 e. The molecule has 2 aromatic rings. The summed E-state index contributed by atoms with van der Waals surface area (Å²) in [5.41, 5.74) is 1.69. The highest BCUT2D eigenvalue weighted by molar-refractivity contribution is 5.92. The summed E-state index contributed by atoms with van der Waals surface area (Å²) in [5.74, 6) is 0.885. The molecule has 0 heterocycles. The SMILES string of the molecule is COc1ccccc1C1(C(=O)NC(C)c2ccccc2)CC1. The molecular weight excluding hydrogens is 274 g/mol. The van der Waals surface area contributed by atoms with Gasteiger partial charge in [0.1, 0.15) is 5.75 Å². The van der Waals surface area contributed by atoms with Crippen molar-refractivity contribution < 1.29 is 9.53 Å². The van der Waals surface area contributed by atoms with Crippen LogP contribution in [0.1, 0.15) is 36.9 Å². The molecule has 1 saturated carbocycles. The largest absolute Gasteiger partial charge is 0.496 e. The molecule has 22 heavy (non-hydrogen) atoms. The van der Waals surface area contributed by atoms with Gasteiger partial charge < -0.3 is 10.1 Å². The Balaban J connectivity index is 1.80. The summed E-state index contributed by atoms with van der Waals surface area (Å²) < 4.78 is 5.43. The highest BCUT2D eigenvalue weighted by Gasteiger charge is 2.53. The number of benzene rings is 2. The molecule has 0 aliphatic heterocycles. The van der Waals surface area contributed by atoms with Crippen molar-refractivity contribution in [3.05, 3.63) is 65.7 Å². The van der Waals surface area contributed by atoms with Crippen LogP contribution in [0.25, 0.3) is 0 Å². The number of carbonyl (C=O) groups excluding carboxylic acids is 1. The lowest BCUT2D eigenvalue weighted by molar-refractivity contribution is -0.124. The molecule has 1 atom stereocenters. The highest BCUT2D eigenvalue weighted by Crippen LogP contribution is 2.51. The van der Waals surface area contributed by atoms with Crippen LogP contribution in [0, 0.1) is 0 Å². The number of rotatable bonds is 5. The number of carbonyl (C=O) groups is 1. The van der Waals surface area contributed by atoms with Gasteiger partial charge in [0.2, 0.25) is 5.91 Å². The predicted octanol–water partition coefficient (Wildman–Crippen LogP) is 3.60. The van der Waals surface area contributed by atoms with Gasteiger partial charge in [-0.3, -0.25) is 4.79 Å². The van der Waals surface area contributed by atoms with Crippen molar-refractivity contribution in [2.45, 2.75) is 31.2 Å². The maximum absolute atomic E-state index is 12.8. The van der Waals surface area contributed by atoms with Crippen LogP contribution in [0.4, 0.5) is 0 Å². The van der Waals surface area contributed by atoms with Gasteiger partial charge in [-0.25, -0.2) is 0 Å². The average molecular weight is 295 g/mol. The predicted molar refractivity (Wildman–Crippen MR) is 86.9 cm³/mol. The van der Waals surface area contributed by atoms with Gasteiger partial charge in [-0.15, -0.1) is 0 Å². The molecule has 1 aliphatic carbocycles. The van der Waals surface area contributed by atoms with E-state index in [2.05, 4.69) is 5.32 Å². The minimum absolute atomic E-state index is 0.000817. The summed E-state index contributed by atoms with van der Waals surface area (Å²) >= 11 is 0. The van der Waals surface area contributed by atoms with E-state index in [0.717, 1.165) is 29.7 Å². The zero-order valence-corrected chi connectivity index (χ0v) is 13.0. The van der Waals surface area contributed by atoms with E-state index in [1.54, 1.807) is 7.11 Å². The van der Waals surface area contributed by atoms with Crippen molar-refractivity contribution in [1.82, 2.24) is 5.32 Å². The van der Waals surface area contributed by atoms with E-state index in [0.29, 0.717) is 0 Å². The molecule has 3 rings (SSSR count). The number of methoxy groups -OCH3 is 1. The first-order valence-electron chi connectivity index (χ1n) is 7.67. The van der Waals surface area contributed by atoms with Crippen molar-refractivity contribution in [2.75, 3.05) is 7.11 Å². The second kappa shape index (κ2) is 5.84. The number of hydrogen-bond donors (Lipinski definition) is 1. The Labute approximate surface area is 131 Å². The topological polar surface area (TPSA) is 38.3 Å². The molecule has 0 spiro atoms. The molecule has 1 fully saturated rings. The van der Waals surface area contributed by atoms with E-state index in [-0.39, 0.29) is 11.9 Å². The van der Waals surface area contributed by atoms with Gasteiger partial charge >= 0.3 is 0 Å². The van der Waals surface area contributed by atoms with Crippen molar-refractivity contribution in [2.24, 2.45) is 0 Å². The summed E-state index contributed by atoms with van der Waals surface area (Å²) in [6.45, 7) is 2.02. The molecule has 0 radical (unpaired) electrons. The van der Waals surface area contributed by atoms with Crippen LogP contribution in [0.2, 0.25) is 0 Å². The molecule has 114 valence electrons. The zero-order valence-electron chi connectivity index (χ0n) is 13.0. The lowest BCUT2D eigenvalue weighted by Crippen LogP contribution is -2.36. The van der Waals surface area contributed by atoms with Crippen LogP contribution in [-0.2, 0) is 10.2 Å². The normalized spacial score (nSPS) is 16.6. The molecule has 1 unspecified atom stereocenters. The number of hydrogen-bond acceptors (Lipinski definition) is 2. The molecule has 3 nitrogen and oxygen atoms in total. The molecule has 1 N–H and O–H groups in total. The lowest BCUT2D eigenvalue weighted by Gasteiger charge is -2.22.